The van der Waals surface area contributed by atoms with Crippen LogP contribution in [0.15, 0.2) is 17.6 Å². The molecule has 0 radical (unpaired) electrons. The Morgan fingerprint density at radius 2 is 1.83 bits per heavy atom. The highest BCUT2D eigenvalue weighted by Gasteiger charge is 2.28. The van der Waals surface area contributed by atoms with Gasteiger partial charge in [-0.05, 0) is 39.3 Å². The highest BCUT2D eigenvalue weighted by Crippen LogP contribution is 2.15. The van der Waals surface area contributed by atoms with Gasteiger partial charge in [0, 0.05) is 27.2 Å². The highest BCUT2D eigenvalue weighted by atomic mass is 19.4. The van der Waals surface area contributed by atoms with E-state index >= 15 is 0 Å². The molecule has 0 aliphatic rings. The van der Waals surface area contributed by atoms with E-state index in [1.165, 1.54) is 11.9 Å². The van der Waals surface area contributed by atoms with Gasteiger partial charge in [0.05, 0.1) is 6.54 Å². The Morgan fingerprint density at radius 3 is 2.39 bits per heavy atom. The summed E-state index contributed by atoms with van der Waals surface area (Å²) in [6, 6.07) is 0. The zero-order valence-electron chi connectivity index (χ0n) is 14.6. The lowest BCUT2D eigenvalue weighted by molar-refractivity contribution is -0.143. The van der Waals surface area contributed by atoms with Crippen LogP contribution in [-0.2, 0) is 0 Å². The van der Waals surface area contributed by atoms with Crippen molar-refractivity contribution in [3.05, 3.63) is 12.7 Å². The standard InChI is InChI=1S/C16H31F3N4/c1-5-6-7-8-9-13-23(4)15(20-2)21-11-10-12-22(3)14-16(17,18)19/h5H,1,6-14H2,2-4H3,(H,20,21). The minimum atomic E-state index is -4.13. The minimum absolute atomic E-state index is 0.398. The number of nitrogens with one attached hydrogen (secondary N) is 1. The van der Waals surface area contributed by atoms with E-state index in [2.05, 4.69) is 16.9 Å². The van der Waals surface area contributed by atoms with Gasteiger partial charge in [0.25, 0.3) is 0 Å². The summed E-state index contributed by atoms with van der Waals surface area (Å²) in [6.45, 7) is 4.75. The van der Waals surface area contributed by atoms with E-state index < -0.39 is 12.7 Å². The molecule has 7 heteroatoms. The first-order chi connectivity index (χ1) is 10.8. The summed E-state index contributed by atoms with van der Waals surface area (Å²) in [5, 5.41) is 3.19. The lowest BCUT2D eigenvalue weighted by atomic mass is 10.2. The first-order valence-electron chi connectivity index (χ1n) is 8.08. The Kier molecular flexibility index (Phi) is 11.6. The van der Waals surface area contributed by atoms with Gasteiger partial charge in [-0.1, -0.05) is 12.5 Å². The summed E-state index contributed by atoms with van der Waals surface area (Å²) in [5.74, 6) is 0.784. The third-order valence-corrected chi connectivity index (χ3v) is 3.42. The summed E-state index contributed by atoms with van der Waals surface area (Å²) in [7, 11) is 5.17. The minimum Gasteiger partial charge on any atom is -0.356 e. The highest BCUT2D eigenvalue weighted by molar-refractivity contribution is 5.79. The Morgan fingerprint density at radius 1 is 1.13 bits per heavy atom. The maximum absolute atomic E-state index is 12.2. The Labute approximate surface area is 138 Å². The molecule has 0 aromatic carbocycles. The number of unbranched alkanes of at least 4 members (excludes halogenated alkanes) is 3. The van der Waals surface area contributed by atoms with E-state index in [1.54, 1.807) is 7.05 Å². The fraction of sp³-hybridized carbons (Fsp3) is 0.812. The van der Waals surface area contributed by atoms with E-state index in [4.69, 9.17) is 0 Å². The van der Waals surface area contributed by atoms with Crippen LogP contribution in [0.2, 0.25) is 0 Å². The molecule has 0 saturated carbocycles. The molecule has 0 unspecified atom stereocenters. The lowest BCUT2D eigenvalue weighted by Crippen LogP contribution is -2.40. The second-order valence-electron chi connectivity index (χ2n) is 5.74. The normalized spacial score (nSPS) is 12.6. The first kappa shape index (κ1) is 21.8. The third-order valence-electron chi connectivity index (χ3n) is 3.42. The number of rotatable bonds is 11. The maximum Gasteiger partial charge on any atom is 0.401 e. The van der Waals surface area contributed by atoms with Gasteiger partial charge in [-0.25, -0.2) is 0 Å². The molecular weight excluding hydrogens is 305 g/mol. The quantitative estimate of drug-likeness (QED) is 0.272. The van der Waals surface area contributed by atoms with Crippen molar-refractivity contribution in [3.63, 3.8) is 0 Å². The predicted molar refractivity (Wildman–Crippen MR) is 90.8 cm³/mol. The van der Waals surface area contributed by atoms with Crippen molar-refractivity contribution >= 4 is 5.96 Å². The predicted octanol–water partition coefficient (Wildman–Crippen LogP) is 3.12. The molecule has 0 aromatic heterocycles. The molecule has 0 aliphatic carbocycles. The van der Waals surface area contributed by atoms with Crippen LogP contribution in [0.25, 0.3) is 0 Å². The number of hydrogen-bond donors (Lipinski definition) is 1. The van der Waals surface area contributed by atoms with Gasteiger partial charge in [0.15, 0.2) is 5.96 Å². The van der Waals surface area contributed by atoms with Crippen molar-refractivity contribution in [1.82, 2.24) is 15.1 Å². The summed E-state index contributed by atoms with van der Waals surface area (Å²) in [5.41, 5.74) is 0. The van der Waals surface area contributed by atoms with E-state index in [0.29, 0.717) is 19.5 Å². The molecule has 1 N–H and O–H groups in total. The van der Waals surface area contributed by atoms with Gasteiger partial charge < -0.3 is 10.2 Å². The molecule has 0 heterocycles. The molecule has 4 nitrogen and oxygen atoms in total. The van der Waals surface area contributed by atoms with E-state index in [0.717, 1.165) is 38.2 Å². The van der Waals surface area contributed by atoms with Crippen LogP contribution in [0.3, 0.4) is 0 Å². The molecule has 0 aliphatic heterocycles. The molecule has 0 amide bonds. The van der Waals surface area contributed by atoms with Crippen LogP contribution >= 0.6 is 0 Å². The third kappa shape index (κ3) is 12.9. The molecule has 0 saturated heterocycles. The largest absolute Gasteiger partial charge is 0.401 e. The summed E-state index contributed by atoms with van der Waals surface area (Å²) >= 11 is 0. The Bertz CT molecular complexity index is 343. The second kappa shape index (κ2) is 12.2. The smallest absolute Gasteiger partial charge is 0.356 e. The van der Waals surface area contributed by atoms with Gasteiger partial charge in [-0.15, -0.1) is 6.58 Å². The van der Waals surface area contributed by atoms with E-state index in [-0.39, 0.29) is 0 Å². The van der Waals surface area contributed by atoms with Gasteiger partial charge in [-0.3, -0.25) is 9.89 Å². The van der Waals surface area contributed by atoms with Crippen LogP contribution in [0, 0.1) is 0 Å². The number of nitrogens with zero attached hydrogens (tertiary/aromatic N) is 3. The van der Waals surface area contributed by atoms with Crippen LogP contribution in [0.1, 0.15) is 32.1 Å². The average Bonchev–Trinajstić information content (AvgIpc) is 2.45. The van der Waals surface area contributed by atoms with Gasteiger partial charge in [0.1, 0.15) is 0 Å². The monoisotopic (exact) mass is 336 g/mol. The van der Waals surface area contributed by atoms with E-state index in [9.17, 15) is 13.2 Å². The summed E-state index contributed by atoms with van der Waals surface area (Å²) in [6.07, 6.45) is 2.86. The SMILES string of the molecule is C=CCCCCCN(C)C(=NC)NCCCN(C)CC(F)(F)F. The molecule has 0 fully saturated rings. The molecular formula is C16H31F3N4. The summed E-state index contributed by atoms with van der Waals surface area (Å²) < 4.78 is 36.6. The number of alkyl halides is 3. The molecule has 0 rings (SSSR count). The average molecular weight is 336 g/mol. The van der Waals surface area contributed by atoms with Crippen molar-refractivity contribution in [2.24, 2.45) is 4.99 Å². The van der Waals surface area contributed by atoms with Crippen LogP contribution in [-0.4, -0.2) is 69.3 Å². The number of allylic oxidation sites excluding steroid dienone is 1. The van der Waals surface area contributed by atoms with Crippen LogP contribution in [0.5, 0.6) is 0 Å². The van der Waals surface area contributed by atoms with Crippen molar-refractivity contribution in [1.29, 1.82) is 0 Å². The molecule has 0 spiro atoms. The van der Waals surface area contributed by atoms with Crippen molar-refractivity contribution < 1.29 is 13.2 Å². The number of halogens is 3. The van der Waals surface area contributed by atoms with Gasteiger partial charge >= 0.3 is 6.18 Å². The topological polar surface area (TPSA) is 30.9 Å². The molecule has 0 aromatic rings. The fourth-order valence-electron chi connectivity index (χ4n) is 2.24. The lowest BCUT2D eigenvalue weighted by Gasteiger charge is -2.23. The molecule has 0 atom stereocenters. The fourth-order valence-corrected chi connectivity index (χ4v) is 2.24. The van der Waals surface area contributed by atoms with Gasteiger partial charge in [-0.2, -0.15) is 13.2 Å². The molecule has 136 valence electrons. The van der Waals surface area contributed by atoms with Crippen LogP contribution in [0.4, 0.5) is 13.2 Å². The first-order valence-corrected chi connectivity index (χ1v) is 8.08. The zero-order valence-corrected chi connectivity index (χ0v) is 14.6. The Balaban J connectivity index is 3.86. The summed E-state index contributed by atoms with van der Waals surface area (Å²) in [4.78, 5) is 7.54. The van der Waals surface area contributed by atoms with Crippen molar-refractivity contribution in [2.75, 3.05) is 47.3 Å². The van der Waals surface area contributed by atoms with E-state index in [1.807, 2.05) is 18.0 Å². The molecule has 0 bridgehead atoms. The number of aliphatic imine (C=N–C) groups is 1. The van der Waals surface area contributed by atoms with Crippen molar-refractivity contribution in [2.45, 2.75) is 38.3 Å². The second-order valence-corrected chi connectivity index (χ2v) is 5.74. The number of guanidine groups is 1. The number of hydrogen-bond acceptors (Lipinski definition) is 2. The van der Waals surface area contributed by atoms with Crippen molar-refractivity contribution in [3.8, 4) is 0 Å². The Hall–Kier alpha value is -1.24. The van der Waals surface area contributed by atoms with Gasteiger partial charge in [0.2, 0.25) is 0 Å². The molecule has 23 heavy (non-hydrogen) atoms. The van der Waals surface area contributed by atoms with Crippen LogP contribution < -0.4 is 5.32 Å². The zero-order chi connectivity index (χ0) is 17.7. The maximum atomic E-state index is 12.2.